The number of alkyl halides is 7. The molecule has 2 aromatic carbocycles. The minimum Gasteiger partial charge on any atom is -0.320 e. The van der Waals surface area contributed by atoms with Crippen molar-refractivity contribution in [3.63, 3.8) is 0 Å². The van der Waals surface area contributed by atoms with Crippen LogP contribution in [0.5, 0.6) is 0 Å². The Kier molecular flexibility index (Phi) is 6.15. The quantitative estimate of drug-likeness (QED) is 0.413. The maximum absolute atomic E-state index is 13.6. The number of hydrogen-bond acceptors (Lipinski definition) is 2. The van der Waals surface area contributed by atoms with E-state index in [9.17, 15) is 40.3 Å². The molecule has 3 nitrogen and oxygen atoms in total. The van der Waals surface area contributed by atoms with Gasteiger partial charge >= 0.3 is 23.9 Å². The standard InChI is InChI=1S/C19H12F7NO2/c20-17(21,18(22,23)19(24,25)26)16(29)27-14(12-7-3-1-4-8-12)11-15(28)13-9-5-2-6-10-13/h1-11H,(H,27,29). The van der Waals surface area contributed by atoms with Gasteiger partial charge in [-0.1, -0.05) is 60.7 Å². The van der Waals surface area contributed by atoms with Crippen molar-refractivity contribution in [3.8, 4) is 0 Å². The zero-order chi connectivity index (χ0) is 21.9. The van der Waals surface area contributed by atoms with Crippen LogP contribution in [0.15, 0.2) is 66.7 Å². The lowest BCUT2D eigenvalue weighted by Gasteiger charge is -2.27. The molecular formula is C19H12F7NO2. The third-order valence-electron chi connectivity index (χ3n) is 3.70. The average Bonchev–Trinajstić information content (AvgIpc) is 2.67. The van der Waals surface area contributed by atoms with Gasteiger partial charge in [0.15, 0.2) is 5.78 Å². The van der Waals surface area contributed by atoms with Gasteiger partial charge in [-0.15, -0.1) is 0 Å². The van der Waals surface area contributed by atoms with Crippen LogP contribution in [-0.2, 0) is 4.79 Å². The Bertz CT molecular complexity index is 907. The summed E-state index contributed by atoms with van der Waals surface area (Å²) >= 11 is 0. The van der Waals surface area contributed by atoms with Crippen molar-refractivity contribution in [2.75, 3.05) is 0 Å². The molecule has 1 amide bonds. The van der Waals surface area contributed by atoms with Crippen LogP contribution in [0.1, 0.15) is 15.9 Å². The van der Waals surface area contributed by atoms with Crippen LogP contribution in [0.3, 0.4) is 0 Å². The van der Waals surface area contributed by atoms with E-state index in [1.54, 1.807) is 6.07 Å². The van der Waals surface area contributed by atoms with Crippen LogP contribution in [0.4, 0.5) is 30.7 Å². The molecule has 0 saturated carbocycles. The molecular weight excluding hydrogens is 407 g/mol. The second-order valence-electron chi connectivity index (χ2n) is 5.75. The molecule has 0 bridgehead atoms. The summed E-state index contributed by atoms with van der Waals surface area (Å²) in [6, 6.07) is 14.0. The monoisotopic (exact) mass is 419 g/mol. The van der Waals surface area contributed by atoms with E-state index >= 15 is 0 Å². The van der Waals surface area contributed by atoms with E-state index < -0.39 is 35.4 Å². The fourth-order valence-electron chi connectivity index (χ4n) is 2.15. The van der Waals surface area contributed by atoms with Crippen molar-refractivity contribution < 1.29 is 40.3 Å². The van der Waals surface area contributed by atoms with Gasteiger partial charge in [0.1, 0.15) is 0 Å². The van der Waals surface area contributed by atoms with Gasteiger partial charge in [0.25, 0.3) is 0 Å². The van der Waals surface area contributed by atoms with Gasteiger partial charge < -0.3 is 5.32 Å². The van der Waals surface area contributed by atoms with Crippen molar-refractivity contribution in [2.24, 2.45) is 0 Å². The van der Waals surface area contributed by atoms with Crippen LogP contribution in [0.2, 0.25) is 0 Å². The molecule has 29 heavy (non-hydrogen) atoms. The van der Waals surface area contributed by atoms with E-state index in [-0.39, 0.29) is 11.1 Å². The number of ketones is 1. The zero-order valence-electron chi connectivity index (χ0n) is 14.3. The minimum atomic E-state index is -6.66. The number of benzene rings is 2. The van der Waals surface area contributed by atoms with Crippen molar-refractivity contribution >= 4 is 17.4 Å². The highest BCUT2D eigenvalue weighted by Gasteiger charge is 2.76. The molecule has 2 rings (SSSR count). The molecule has 0 spiro atoms. The van der Waals surface area contributed by atoms with E-state index in [4.69, 9.17) is 0 Å². The highest BCUT2D eigenvalue weighted by Crippen LogP contribution is 2.46. The van der Waals surface area contributed by atoms with Crippen molar-refractivity contribution in [1.82, 2.24) is 5.32 Å². The number of carbonyl (C=O) groups excluding carboxylic acids is 2. The summed E-state index contributed by atoms with van der Waals surface area (Å²) in [4.78, 5) is 23.9. The molecule has 0 fully saturated rings. The van der Waals surface area contributed by atoms with Crippen LogP contribution in [-0.4, -0.2) is 29.7 Å². The lowest BCUT2D eigenvalue weighted by atomic mass is 10.1. The highest BCUT2D eigenvalue weighted by atomic mass is 19.4. The summed E-state index contributed by atoms with van der Waals surface area (Å²) in [6.07, 6.45) is -6.01. The zero-order valence-corrected chi connectivity index (χ0v) is 14.3. The summed E-state index contributed by atoms with van der Waals surface area (Å²) in [5.41, 5.74) is -0.652. The van der Waals surface area contributed by atoms with Gasteiger partial charge in [-0.3, -0.25) is 9.59 Å². The van der Waals surface area contributed by atoms with E-state index in [2.05, 4.69) is 0 Å². The average molecular weight is 419 g/mol. The fourth-order valence-corrected chi connectivity index (χ4v) is 2.15. The largest absolute Gasteiger partial charge is 0.460 e. The molecule has 0 atom stereocenters. The normalized spacial score (nSPS) is 13.1. The minimum absolute atomic E-state index is 0.0590. The second-order valence-corrected chi connectivity index (χ2v) is 5.75. The molecule has 2 aromatic rings. The van der Waals surface area contributed by atoms with Gasteiger partial charge in [-0.05, 0) is 5.56 Å². The van der Waals surface area contributed by atoms with E-state index in [1.807, 2.05) is 0 Å². The van der Waals surface area contributed by atoms with Crippen LogP contribution >= 0.6 is 0 Å². The fraction of sp³-hybridized carbons (Fsp3) is 0.158. The van der Waals surface area contributed by atoms with Gasteiger partial charge in [0.05, 0.1) is 5.70 Å². The third-order valence-corrected chi connectivity index (χ3v) is 3.70. The van der Waals surface area contributed by atoms with E-state index in [1.165, 1.54) is 59.9 Å². The summed E-state index contributed by atoms with van der Waals surface area (Å²) in [7, 11) is 0. The Hall–Kier alpha value is -3.17. The summed E-state index contributed by atoms with van der Waals surface area (Å²) in [5.74, 6) is -16.4. The molecule has 1 N–H and O–H groups in total. The number of nitrogens with one attached hydrogen (secondary N) is 1. The molecule has 0 radical (unpaired) electrons. The number of allylic oxidation sites excluding steroid dienone is 1. The Balaban J connectivity index is 2.42. The van der Waals surface area contributed by atoms with Crippen molar-refractivity contribution in [2.45, 2.75) is 18.0 Å². The molecule has 154 valence electrons. The van der Waals surface area contributed by atoms with Crippen LogP contribution < -0.4 is 5.32 Å². The van der Waals surface area contributed by atoms with Crippen molar-refractivity contribution in [3.05, 3.63) is 77.9 Å². The number of hydrogen-bond donors (Lipinski definition) is 1. The van der Waals surface area contributed by atoms with E-state index in [0.717, 1.165) is 0 Å². The van der Waals surface area contributed by atoms with Gasteiger partial charge in [-0.25, -0.2) is 0 Å². The Morgan fingerprint density at radius 2 is 1.17 bits per heavy atom. The first-order valence-corrected chi connectivity index (χ1v) is 7.88. The van der Waals surface area contributed by atoms with E-state index in [0.29, 0.717) is 6.08 Å². The van der Waals surface area contributed by atoms with Crippen molar-refractivity contribution in [1.29, 1.82) is 0 Å². The molecule has 0 saturated heterocycles. The van der Waals surface area contributed by atoms with Crippen LogP contribution in [0, 0.1) is 0 Å². The predicted octanol–water partition coefficient (Wildman–Crippen LogP) is 4.86. The molecule has 0 aliphatic carbocycles. The van der Waals surface area contributed by atoms with Gasteiger partial charge in [0, 0.05) is 11.6 Å². The number of rotatable bonds is 6. The molecule has 0 aliphatic heterocycles. The van der Waals surface area contributed by atoms with Gasteiger partial charge in [0.2, 0.25) is 0 Å². The number of halogens is 7. The van der Waals surface area contributed by atoms with Gasteiger partial charge in [-0.2, -0.15) is 30.7 Å². The maximum Gasteiger partial charge on any atom is 0.460 e. The molecule has 0 heterocycles. The Labute approximate surface area is 159 Å². The lowest BCUT2D eigenvalue weighted by molar-refractivity contribution is -0.343. The first kappa shape index (κ1) is 22.1. The highest BCUT2D eigenvalue weighted by molar-refractivity contribution is 6.09. The topological polar surface area (TPSA) is 46.2 Å². The van der Waals surface area contributed by atoms with Crippen LogP contribution in [0.25, 0.3) is 5.70 Å². The predicted molar refractivity (Wildman–Crippen MR) is 89.3 cm³/mol. The summed E-state index contributed by atoms with van der Waals surface area (Å²) < 4.78 is 90.4. The third kappa shape index (κ3) is 4.64. The second kappa shape index (κ2) is 8.06. The number of amides is 1. The molecule has 0 unspecified atom stereocenters. The maximum atomic E-state index is 13.6. The first-order valence-electron chi connectivity index (χ1n) is 7.88. The summed E-state index contributed by atoms with van der Waals surface area (Å²) in [6.45, 7) is 0. The molecule has 0 aromatic heterocycles. The Morgan fingerprint density at radius 3 is 1.62 bits per heavy atom. The molecule has 0 aliphatic rings. The smallest absolute Gasteiger partial charge is 0.320 e. The SMILES string of the molecule is O=C(C=C(NC(=O)C(F)(F)C(F)(F)C(F)(F)F)c1ccccc1)c1ccccc1. The summed E-state index contributed by atoms with van der Waals surface area (Å²) in [5, 5.41) is 1.32. The first-order chi connectivity index (χ1) is 13.4. The molecule has 10 heteroatoms. The number of carbonyl (C=O) groups is 2. The lowest BCUT2D eigenvalue weighted by Crippen LogP contribution is -2.59. The Morgan fingerprint density at radius 1 is 0.724 bits per heavy atom.